The molecule has 0 saturated carbocycles. The molecular weight excluding hydrogens is 254 g/mol. The van der Waals surface area contributed by atoms with Gasteiger partial charge in [-0.25, -0.2) is 8.78 Å². The summed E-state index contributed by atoms with van der Waals surface area (Å²) in [5.74, 6) is -1.76. The van der Waals surface area contributed by atoms with E-state index in [1.165, 1.54) is 6.07 Å². The Morgan fingerprint density at radius 2 is 2.05 bits per heavy atom. The largest absolute Gasteiger partial charge is 0.379 e. The predicted molar refractivity (Wildman–Crippen MR) is 66.8 cm³/mol. The van der Waals surface area contributed by atoms with E-state index in [1.807, 2.05) is 4.90 Å². The number of carbonyl (C=O) groups excluding carboxylic acids is 1. The molecular formula is C13H16F2N2O2. The summed E-state index contributed by atoms with van der Waals surface area (Å²) in [5, 5.41) is 2.47. The molecule has 1 heterocycles. The van der Waals surface area contributed by atoms with Crippen LogP contribution in [0, 0.1) is 11.6 Å². The molecule has 6 heteroatoms. The lowest BCUT2D eigenvalue weighted by molar-refractivity contribution is -0.122. The van der Waals surface area contributed by atoms with E-state index in [2.05, 4.69) is 5.32 Å². The Hall–Kier alpha value is -1.53. The molecule has 104 valence electrons. The molecule has 0 spiro atoms. The highest BCUT2D eigenvalue weighted by molar-refractivity contribution is 5.94. The van der Waals surface area contributed by atoms with Crippen LogP contribution in [-0.2, 0) is 9.53 Å². The third kappa shape index (κ3) is 3.48. The first-order valence-electron chi connectivity index (χ1n) is 6.15. The topological polar surface area (TPSA) is 41.6 Å². The van der Waals surface area contributed by atoms with Gasteiger partial charge < -0.3 is 10.1 Å². The van der Waals surface area contributed by atoms with Gasteiger partial charge in [-0.1, -0.05) is 0 Å². The van der Waals surface area contributed by atoms with E-state index < -0.39 is 11.6 Å². The molecule has 1 aromatic carbocycles. The smallest absolute Gasteiger partial charge is 0.241 e. The maximum atomic E-state index is 13.4. The van der Waals surface area contributed by atoms with Gasteiger partial charge in [-0.2, -0.15) is 0 Å². The van der Waals surface area contributed by atoms with Crippen molar-refractivity contribution < 1.29 is 18.3 Å². The van der Waals surface area contributed by atoms with Crippen LogP contribution in [0.1, 0.15) is 6.92 Å². The lowest BCUT2D eigenvalue weighted by Gasteiger charge is -2.31. The Balaban J connectivity index is 1.99. The molecule has 1 saturated heterocycles. The van der Waals surface area contributed by atoms with Gasteiger partial charge in [0.05, 0.1) is 24.9 Å². The average molecular weight is 270 g/mol. The molecule has 4 nitrogen and oxygen atoms in total. The van der Waals surface area contributed by atoms with Crippen molar-refractivity contribution in [1.82, 2.24) is 4.90 Å². The third-order valence-electron chi connectivity index (χ3n) is 3.16. The SMILES string of the molecule is CC(C(=O)Nc1ccc(F)cc1F)N1CCOCC1. The van der Waals surface area contributed by atoms with Gasteiger partial charge in [0.2, 0.25) is 5.91 Å². The molecule has 1 aliphatic rings. The lowest BCUT2D eigenvalue weighted by Crippen LogP contribution is -2.47. The minimum atomic E-state index is -0.775. The highest BCUT2D eigenvalue weighted by Crippen LogP contribution is 2.16. The van der Waals surface area contributed by atoms with Gasteiger partial charge in [0.1, 0.15) is 11.6 Å². The van der Waals surface area contributed by atoms with Crippen molar-refractivity contribution in [2.24, 2.45) is 0 Å². The van der Waals surface area contributed by atoms with Crippen LogP contribution in [0.4, 0.5) is 14.5 Å². The summed E-state index contributed by atoms with van der Waals surface area (Å²) in [6, 6.07) is 2.69. The first-order chi connectivity index (χ1) is 9.08. The van der Waals surface area contributed by atoms with Crippen LogP contribution in [0.5, 0.6) is 0 Å². The van der Waals surface area contributed by atoms with Crippen molar-refractivity contribution >= 4 is 11.6 Å². The molecule has 2 rings (SSSR count). The normalized spacial score (nSPS) is 18.1. The van der Waals surface area contributed by atoms with E-state index in [-0.39, 0.29) is 17.6 Å². The quantitative estimate of drug-likeness (QED) is 0.907. The number of anilines is 1. The number of nitrogens with zero attached hydrogens (tertiary/aromatic N) is 1. The van der Waals surface area contributed by atoms with Crippen LogP contribution in [0.3, 0.4) is 0 Å². The second-order valence-electron chi connectivity index (χ2n) is 4.44. The molecule has 0 aromatic heterocycles. The Kier molecular flexibility index (Phi) is 4.44. The number of hydrogen-bond acceptors (Lipinski definition) is 3. The number of rotatable bonds is 3. The van der Waals surface area contributed by atoms with Gasteiger partial charge in [-0.05, 0) is 19.1 Å². The molecule has 1 fully saturated rings. The highest BCUT2D eigenvalue weighted by Gasteiger charge is 2.23. The van der Waals surface area contributed by atoms with Gasteiger partial charge in [0, 0.05) is 19.2 Å². The average Bonchev–Trinajstić information content (AvgIpc) is 2.42. The van der Waals surface area contributed by atoms with Gasteiger partial charge in [-0.15, -0.1) is 0 Å². The fraction of sp³-hybridized carbons (Fsp3) is 0.462. The summed E-state index contributed by atoms with van der Waals surface area (Å²) < 4.78 is 31.4. The molecule has 1 aliphatic heterocycles. The second-order valence-corrected chi connectivity index (χ2v) is 4.44. The van der Waals surface area contributed by atoms with Gasteiger partial charge >= 0.3 is 0 Å². The minimum absolute atomic E-state index is 0.00786. The minimum Gasteiger partial charge on any atom is -0.379 e. The zero-order valence-corrected chi connectivity index (χ0v) is 10.7. The van der Waals surface area contributed by atoms with Crippen LogP contribution in [-0.4, -0.2) is 43.2 Å². The van der Waals surface area contributed by atoms with Crippen molar-refractivity contribution in [3.8, 4) is 0 Å². The molecule has 1 unspecified atom stereocenters. The van der Waals surface area contributed by atoms with Crippen molar-refractivity contribution in [2.45, 2.75) is 13.0 Å². The number of amides is 1. The Morgan fingerprint density at radius 1 is 1.37 bits per heavy atom. The maximum absolute atomic E-state index is 13.4. The van der Waals surface area contributed by atoms with E-state index in [1.54, 1.807) is 6.92 Å². The number of halogens is 2. The zero-order valence-electron chi connectivity index (χ0n) is 10.7. The standard InChI is InChI=1S/C13H16F2N2O2/c1-9(17-4-6-19-7-5-17)13(18)16-12-3-2-10(14)8-11(12)15/h2-3,8-9H,4-7H2,1H3,(H,16,18). The summed E-state index contributed by atoms with van der Waals surface area (Å²) in [6.07, 6.45) is 0. The van der Waals surface area contributed by atoms with Crippen LogP contribution in [0.25, 0.3) is 0 Å². The molecule has 1 N–H and O–H groups in total. The van der Waals surface area contributed by atoms with Crippen molar-refractivity contribution in [3.05, 3.63) is 29.8 Å². The number of hydrogen-bond donors (Lipinski definition) is 1. The van der Waals surface area contributed by atoms with E-state index >= 15 is 0 Å². The lowest BCUT2D eigenvalue weighted by atomic mass is 10.2. The van der Waals surface area contributed by atoms with Crippen molar-refractivity contribution in [3.63, 3.8) is 0 Å². The molecule has 0 aliphatic carbocycles. The van der Waals surface area contributed by atoms with E-state index in [4.69, 9.17) is 4.74 Å². The maximum Gasteiger partial charge on any atom is 0.241 e. The Labute approximate surface area is 110 Å². The molecule has 1 amide bonds. The van der Waals surface area contributed by atoms with Gasteiger partial charge in [-0.3, -0.25) is 9.69 Å². The van der Waals surface area contributed by atoms with Crippen molar-refractivity contribution in [1.29, 1.82) is 0 Å². The number of ether oxygens (including phenoxy) is 1. The molecule has 19 heavy (non-hydrogen) atoms. The summed E-state index contributed by atoms with van der Waals surface area (Å²) in [4.78, 5) is 14.0. The number of morpholine rings is 1. The fourth-order valence-electron chi connectivity index (χ4n) is 1.96. The molecule has 0 bridgehead atoms. The first kappa shape index (κ1) is 13.9. The van der Waals surface area contributed by atoms with Crippen LogP contribution >= 0.6 is 0 Å². The predicted octanol–water partition coefficient (Wildman–Crippen LogP) is 1.62. The monoisotopic (exact) mass is 270 g/mol. The summed E-state index contributed by atoms with van der Waals surface area (Å²) in [7, 11) is 0. The second kappa shape index (κ2) is 6.08. The molecule has 1 atom stereocenters. The van der Waals surface area contributed by atoms with E-state index in [0.717, 1.165) is 12.1 Å². The van der Waals surface area contributed by atoms with Gasteiger partial charge in [0.25, 0.3) is 0 Å². The fourth-order valence-corrected chi connectivity index (χ4v) is 1.96. The van der Waals surface area contributed by atoms with Crippen LogP contribution in [0.2, 0.25) is 0 Å². The number of carbonyl (C=O) groups is 1. The summed E-state index contributed by atoms with van der Waals surface area (Å²) in [5.41, 5.74) is -0.00786. The zero-order chi connectivity index (χ0) is 13.8. The first-order valence-corrected chi connectivity index (χ1v) is 6.15. The Bertz CT molecular complexity index is 462. The summed E-state index contributed by atoms with van der Waals surface area (Å²) >= 11 is 0. The molecule has 1 aromatic rings. The van der Waals surface area contributed by atoms with E-state index in [0.29, 0.717) is 26.3 Å². The number of benzene rings is 1. The van der Waals surface area contributed by atoms with Gasteiger partial charge in [0.15, 0.2) is 0 Å². The Morgan fingerprint density at radius 3 is 2.68 bits per heavy atom. The van der Waals surface area contributed by atoms with Crippen molar-refractivity contribution in [2.75, 3.05) is 31.6 Å². The van der Waals surface area contributed by atoms with Crippen LogP contribution < -0.4 is 5.32 Å². The van der Waals surface area contributed by atoms with E-state index in [9.17, 15) is 13.6 Å². The molecule has 0 radical (unpaired) electrons. The van der Waals surface area contributed by atoms with Crippen LogP contribution in [0.15, 0.2) is 18.2 Å². The number of nitrogens with one attached hydrogen (secondary N) is 1. The summed E-state index contributed by atoms with van der Waals surface area (Å²) in [6.45, 7) is 4.26. The highest BCUT2D eigenvalue weighted by atomic mass is 19.1. The third-order valence-corrected chi connectivity index (χ3v) is 3.16.